The molecular weight excluding hydrogens is 374 g/mol. The van der Waals surface area contributed by atoms with Gasteiger partial charge in [-0.05, 0) is 25.0 Å². The van der Waals surface area contributed by atoms with Crippen LogP contribution in [0.3, 0.4) is 0 Å². The van der Waals surface area contributed by atoms with Gasteiger partial charge in [0.25, 0.3) is 0 Å². The second-order valence-electron chi connectivity index (χ2n) is 6.77. The standard InChI is InChI=1S/C21H20ClN5O/c22-19-6-2-1-5-17(19)18-11-24-14-26-21(18)15-4-3-9-27(12-15)20(28)8-7-16-10-23-13-25-16/h1-2,5-8,10-11,13-15H,3-4,9,12H2,(H,23,25)/b8-7+/t15-/m1/s1. The van der Waals surface area contributed by atoms with E-state index < -0.39 is 0 Å². The molecule has 1 amide bonds. The third-order valence-electron chi connectivity index (χ3n) is 4.95. The van der Waals surface area contributed by atoms with Gasteiger partial charge in [0.05, 0.1) is 23.9 Å². The maximum atomic E-state index is 12.6. The number of nitrogens with zero attached hydrogens (tertiary/aromatic N) is 4. The van der Waals surface area contributed by atoms with Crippen LogP contribution < -0.4 is 0 Å². The zero-order valence-electron chi connectivity index (χ0n) is 15.3. The fraction of sp³-hybridized carbons (Fsp3) is 0.238. The predicted octanol–water partition coefficient (Wildman–Crippen LogP) is 3.94. The Kier molecular flexibility index (Phi) is 5.48. The van der Waals surface area contributed by atoms with Gasteiger partial charge in [-0.2, -0.15) is 0 Å². The van der Waals surface area contributed by atoms with Crippen molar-refractivity contribution in [2.45, 2.75) is 18.8 Å². The lowest BCUT2D eigenvalue weighted by atomic mass is 9.90. The molecule has 2 aromatic heterocycles. The van der Waals surface area contributed by atoms with Crippen molar-refractivity contribution in [1.29, 1.82) is 0 Å². The van der Waals surface area contributed by atoms with Crippen molar-refractivity contribution < 1.29 is 4.79 Å². The number of imidazole rings is 1. The molecule has 6 nitrogen and oxygen atoms in total. The van der Waals surface area contributed by atoms with Gasteiger partial charge in [-0.25, -0.2) is 15.0 Å². The van der Waals surface area contributed by atoms with Crippen molar-refractivity contribution in [3.63, 3.8) is 0 Å². The molecule has 1 atom stereocenters. The fourth-order valence-electron chi connectivity index (χ4n) is 3.58. The highest BCUT2D eigenvalue weighted by Crippen LogP contribution is 2.35. The minimum atomic E-state index is -0.00681. The molecule has 1 fully saturated rings. The number of hydrogen-bond acceptors (Lipinski definition) is 4. The monoisotopic (exact) mass is 393 g/mol. The summed E-state index contributed by atoms with van der Waals surface area (Å²) in [6.45, 7) is 1.37. The van der Waals surface area contributed by atoms with Gasteiger partial charge < -0.3 is 9.88 Å². The lowest BCUT2D eigenvalue weighted by molar-refractivity contribution is -0.127. The summed E-state index contributed by atoms with van der Waals surface area (Å²) in [6, 6.07) is 7.70. The van der Waals surface area contributed by atoms with Crippen molar-refractivity contribution >= 4 is 23.6 Å². The molecule has 1 N–H and O–H groups in total. The molecule has 7 heteroatoms. The largest absolute Gasteiger partial charge is 0.345 e. The van der Waals surface area contributed by atoms with Crippen molar-refractivity contribution in [2.24, 2.45) is 0 Å². The molecule has 1 aliphatic heterocycles. The Morgan fingerprint density at radius 3 is 2.93 bits per heavy atom. The number of carbonyl (C=O) groups is 1. The quantitative estimate of drug-likeness (QED) is 0.681. The van der Waals surface area contributed by atoms with E-state index in [1.165, 1.54) is 0 Å². The van der Waals surface area contributed by atoms with Crippen LogP contribution in [-0.4, -0.2) is 43.8 Å². The second-order valence-corrected chi connectivity index (χ2v) is 7.17. The number of benzene rings is 1. The first kappa shape index (κ1) is 18.4. The molecule has 3 aromatic rings. The number of aromatic amines is 1. The zero-order chi connectivity index (χ0) is 19.3. The summed E-state index contributed by atoms with van der Waals surface area (Å²) in [5.74, 6) is 0.139. The zero-order valence-corrected chi connectivity index (χ0v) is 16.0. The van der Waals surface area contributed by atoms with E-state index in [2.05, 4.69) is 19.9 Å². The van der Waals surface area contributed by atoms with Gasteiger partial charge >= 0.3 is 0 Å². The van der Waals surface area contributed by atoms with Gasteiger partial charge in [-0.3, -0.25) is 4.79 Å². The van der Waals surface area contributed by atoms with Gasteiger partial charge in [0, 0.05) is 47.4 Å². The van der Waals surface area contributed by atoms with Gasteiger partial charge in [0.2, 0.25) is 5.91 Å². The number of halogens is 1. The lowest BCUT2D eigenvalue weighted by Gasteiger charge is -2.32. The van der Waals surface area contributed by atoms with Crippen molar-refractivity contribution in [3.8, 4) is 11.1 Å². The Morgan fingerprint density at radius 2 is 2.11 bits per heavy atom. The number of rotatable bonds is 4. The highest BCUT2D eigenvalue weighted by molar-refractivity contribution is 6.33. The van der Waals surface area contributed by atoms with Gasteiger partial charge in [-0.1, -0.05) is 29.8 Å². The average molecular weight is 394 g/mol. The molecule has 28 heavy (non-hydrogen) atoms. The molecule has 0 radical (unpaired) electrons. The van der Waals surface area contributed by atoms with E-state index in [4.69, 9.17) is 11.6 Å². The van der Waals surface area contributed by atoms with Crippen LogP contribution in [0.25, 0.3) is 17.2 Å². The van der Waals surface area contributed by atoms with E-state index in [-0.39, 0.29) is 11.8 Å². The summed E-state index contributed by atoms with van der Waals surface area (Å²) in [7, 11) is 0. The maximum absolute atomic E-state index is 12.6. The van der Waals surface area contributed by atoms with E-state index in [1.807, 2.05) is 35.4 Å². The molecular formula is C21H20ClN5O. The number of amides is 1. The SMILES string of the molecule is O=C(/C=C/c1cnc[nH]1)N1CCC[C@@H](c2ncncc2-c2ccccc2Cl)C1. The Hall–Kier alpha value is -2.99. The summed E-state index contributed by atoms with van der Waals surface area (Å²) in [6.07, 6.45) is 11.9. The van der Waals surface area contributed by atoms with Crippen LogP contribution in [0.1, 0.15) is 30.1 Å². The molecule has 0 aliphatic carbocycles. The average Bonchev–Trinajstić information content (AvgIpc) is 3.26. The number of carbonyl (C=O) groups excluding carboxylic acids is 1. The van der Waals surface area contributed by atoms with Crippen LogP contribution in [-0.2, 0) is 4.79 Å². The molecule has 142 valence electrons. The highest BCUT2D eigenvalue weighted by Gasteiger charge is 2.27. The maximum Gasteiger partial charge on any atom is 0.246 e. The van der Waals surface area contributed by atoms with E-state index in [9.17, 15) is 4.79 Å². The number of likely N-dealkylation sites (tertiary alicyclic amines) is 1. The van der Waals surface area contributed by atoms with Crippen LogP contribution in [0.4, 0.5) is 0 Å². The number of hydrogen-bond donors (Lipinski definition) is 1. The second kappa shape index (κ2) is 8.35. The predicted molar refractivity (Wildman–Crippen MR) is 109 cm³/mol. The lowest BCUT2D eigenvalue weighted by Crippen LogP contribution is -2.38. The highest BCUT2D eigenvalue weighted by atomic mass is 35.5. The Labute approximate surface area is 168 Å². The molecule has 1 aliphatic rings. The number of aromatic nitrogens is 4. The number of H-pyrrole nitrogens is 1. The van der Waals surface area contributed by atoms with Gasteiger partial charge in [0.1, 0.15) is 6.33 Å². The third kappa shape index (κ3) is 3.97. The third-order valence-corrected chi connectivity index (χ3v) is 5.28. The molecule has 0 spiro atoms. The summed E-state index contributed by atoms with van der Waals surface area (Å²) < 4.78 is 0. The molecule has 1 saturated heterocycles. The van der Waals surface area contributed by atoms with E-state index in [0.717, 1.165) is 41.9 Å². The summed E-state index contributed by atoms with van der Waals surface area (Å²) in [5.41, 5.74) is 3.60. The number of nitrogens with one attached hydrogen (secondary N) is 1. The molecule has 0 unspecified atom stereocenters. The van der Waals surface area contributed by atoms with Crippen molar-refractivity contribution in [3.05, 3.63) is 71.8 Å². The Balaban J connectivity index is 1.56. The Bertz CT molecular complexity index is 986. The van der Waals surface area contributed by atoms with Gasteiger partial charge in [-0.15, -0.1) is 0 Å². The van der Waals surface area contributed by atoms with Crippen LogP contribution in [0.15, 0.2) is 55.4 Å². The van der Waals surface area contributed by atoms with E-state index in [0.29, 0.717) is 11.6 Å². The molecule has 1 aromatic carbocycles. The molecule has 3 heterocycles. The minimum Gasteiger partial charge on any atom is -0.345 e. The smallest absolute Gasteiger partial charge is 0.246 e. The first-order chi connectivity index (χ1) is 13.7. The van der Waals surface area contributed by atoms with E-state index in [1.54, 1.807) is 31.0 Å². The molecule has 0 bridgehead atoms. The van der Waals surface area contributed by atoms with Gasteiger partial charge in [0.15, 0.2) is 0 Å². The topological polar surface area (TPSA) is 74.8 Å². The van der Waals surface area contributed by atoms with Crippen LogP contribution in [0, 0.1) is 0 Å². The van der Waals surface area contributed by atoms with Crippen molar-refractivity contribution in [1.82, 2.24) is 24.8 Å². The van der Waals surface area contributed by atoms with Crippen LogP contribution in [0.2, 0.25) is 5.02 Å². The fourth-order valence-corrected chi connectivity index (χ4v) is 3.81. The summed E-state index contributed by atoms with van der Waals surface area (Å²) in [5, 5.41) is 0.671. The Morgan fingerprint density at radius 1 is 1.21 bits per heavy atom. The minimum absolute atomic E-state index is 0.00681. The normalized spacial score (nSPS) is 17.2. The van der Waals surface area contributed by atoms with E-state index >= 15 is 0 Å². The van der Waals surface area contributed by atoms with Crippen LogP contribution in [0.5, 0.6) is 0 Å². The molecule has 0 saturated carbocycles. The van der Waals surface area contributed by atoms with Crippen molar-refractivity contribution in [2.75, 3.05) is 13.1 Å². The number of piperidine rings is 1. The van der Waals surface area contributed by atoms with Crippen LogP contribution >= 0.6 is 11.6 Å². The molecule has 4 rings (SSSR count). The summed E-state index contributed by atoms with van der Waals surface area (Å²) in [4.78, 5) is 30.2. The first-order valence-electron chi connectivity index (χ1n) is 9.22. The summed E-state index contributed by atoms with van der Waals surface area (Å²) >= 11 is 6.40. The first-order valence-corrected chi connectivity index (χ1v) is 9.60.